The van der Waals surface area contributed by atoms with Gasteiger partial charge in [0.05, 0.1) is 15.1 Å². The van der Waals surface area contributed by atoms with Gasteiger partial charge in [-0.1, -0.05) is 42.1 Å². The van der Waals surface area contributed by atoms with Crippen molar-refractivity contribution in [3.8, 4) is 0 Å². The topological polar surface area (TPSA) is 42.0 Å². The average Bonchev–Trinajstić information content (AvgIpc) is 3.09. The standard InChI is InChI=1S/C21H15FN2OS2/c1-13-11-19(27-21-24-16-9-5-6-10-18(16)26-21)15(22)12-17(13)23-20(25)14-7-3-2-4-8-14/h2-12H,1H3,(H,23,25). The molecule has 3 nitrogen and oxygen atoms in total. The van der Waals surface area contributed by atoms with Gasteiger partial charge in [-0.25, -0.2) is 9.37 Å². The number of amides is 1. The van der Waals surface area contributed by atoms with Gasteiger partial charge in [-0.15, -0.1) is 11.3 Å². The van der Waals surface area contributed by atoms with Gasteiger partial charge in [-0.3, -0.25) is 4.79 Å². The third-order valence-electron chi connectivity index (χ3n) is 4.03. The maximum absolute atomic E-state index is 14.6. The van der Waals surface area contributed by atoms with Crippen molar-refractivity contribution in [1.29, 1.82) is 0 Å². The van der Waals surface area contributed by atoms with Crippen LogP contribution in [-0.2, 0) is 0 Å². The summed E-state index contributed by atoms with van der Waals surface area (Å²) < 4.78 is 16.5. The second-order valence-electron chi connectivity index (χ2n) is 5.97. The third-order valence-corrected chi connectivity index (χ3v) is 6.16. The number of nitrogens with one attached hydrogen (secondary N) is 1. The smallest absolute Gasteiger partial charge is 0.255 e. The molecule has 134 valence electrons. The number of halogens is 1. The number of rotatable bonds is 4. The molecule has 27 heavy (non-hydrogen) atoms. The maximum atomic E-state index is 14.6. The lowest BCUT2D eigenvalue weighted by Gasteiger charge is -2.11. The highest BCUT2D eigenvalue weighted by Crippen LogP contribution is 2.37. The van der Waals surface area contributed by atoms with E-state index < -0.39 is 0 Å². The van der Waals surface area contributed by atoms with E-state index >= 15 is 0 Å². The first-order valence-electron chi connectivity index (χ1n) is 8.30. The van der Waals surface area contributed by atoms with Gasteiger partial charge in [0.25, 0.3) is 5.91 Å². The van der Waals surface area contributed by atoms with Crippen molar-refractivity contribution in [1.82, 2.24) is 4.98 Å². The number of anilines is 1. The van der Waals surface area contributed by atoms with Gasteiger partial charge in [0, 0.05) is 11.3 Å². The number of nitrogens with zero attached hydrogens (tertiary/aromatic N) is 1. The SMILES string of the molecule is Cc1cc(Sc2nc3ccccc3s2)c(F)cc1NC(=O)c1ccccc1. The summed E-state index contributed by atoms with van der Waals surface area (Å²) in [5.74, 6) is -0.641. The van der Waals surface area contributed by atoms with Crippen LogP contribution < -0.4 is 5.32 Å². The molecule has 0 bridgehead atoms. The zero-order valence-corrected chi connectivity index (χ0v) is 16.0. The Morgan fingerprint density at radius 2 is 1.81 bits per heavy atom. The molecule has 0 aliphatic heterocycles. The number of fused-ring (bicyclic) bond motifs is 1. The Balaban J connectivity index is 1.57. The molecule has 0 unspecified atom stereocenters. The van der Waals surface area contributed by atoms with E-state index in [-0.39, 0.29) is 11.7 Å². The Labute approximate surface area is 164 Å². The minimum atomic E-state index is -0.381. The molecule has 6 heteroatoms. The molecule has 0 saturated heterocycles. The molecule has 1 aromatic heterocycles. The fourth-order valence-electron chi connectivity index (χ4n) is 2.64. The maximum Gasteiger partial charge on any atom is 0.255 e. The molecular weight excluding hydrogens is 379 g/mol. The van der Waals surface area contributed by atoms with Gasteiger partial charge >= 0.3 is 0 Å². The molecule has 0 aliphatic carbocycles. The highest BCUT2D eigenvalue weighted by Gasteiger charge is 2.14. The molecule has 0 atom stereocenters. The number of carbonyl (C=O) groups excluding carboxylic acids is 1. The summed E-state index contributed by atoms with van der Waals surface area (Å²) in [7, 11) is 0. The summed E-state index contributed by atoms with van der Waals surface area (Å²) in [6.07, 6.45) is 0. The Morgan fingerprint density at radius 1 is 1.07 bits per heavy atom. The molecule has 3 aromatic carbocycles. The van der Waals surface area contributed by atoms with E-state index in [1.165, 1.54) is 29.2 Å². The second kappa shape index (κ2) is 7.50. The number of carbonyl (C=O) groups is 1. The van der Waals surface area contributed by atoms with Crippen molar-refractivity contribution < 1.29 is 9.18 Å². The Kier molecular flexibility index (Phi) is 4.92. The van der Waals surface area contributed by atoms with E-state index in [2.05, 4.69) is 10.3 Å². The largest absolute Gasteiger partial charge is 0.322 e. The van der Waals surface area contributed by atoms with E-state index in [9.17, 15) is 9.18 Å². The molecule has 1 heterocycles. The van der Waals surface area contributed by atoms with Crippen molar-refractivity contribution in [2.24, 2.45) is 0 Å². The average molecular weight is 394 g/mol. The van der Waals surface area contributed by atoms with E-state index in [0.29, 0.717) is 16.1 Å². The van der Waals surface area contributed by atoms with Gasteiger partial charge < -0.3 is 5.32 Å². The van der Waals surface area contributed by atoms with Gasteiger partial charge in [0.1, 0.15) is 5.82 Å². The lowest BCUT2D eigenvalue weighted by molar-refractivity contribution is 0.102. The zero-order valence-electron chi connectivity index (χ0n) is 14.4. The van der Waals surface area contributed by atoms with Gasteiger partial charge in [0.15, 0.2) is 4.34 Å². The van der Waals surface area contributed by atoms with Crippen molar-refractivity contribution in [3.05, 3.63) is 83.7 Å². The number of aryl methyl sites for hydroxylation is 1. The highest BCUT2D eigenvalue weighted by atomic mass is 32.2. The predicted molar refractivity (Wildman–Crippen MR) is 109 cm³/mol. The minimum absolute atomic E-state index is 0.260. The normalized spacial score (nSPS) is 10.9. The molecule has 0 aliphatic rings. The van der Waals surface area contributed by atoms with Crippen LogP contribution in [0.5, 0.6) is 0 Å². The van der Waals surface area contributed by atoms with Gasteiger partial charge in [0.2, 0.25) is 0 Å². The number of hydrogen-bond acceptors (Lipinski definition) is 4. The molecule has 0 saturated carbocycles. The van der Waals surface area contributed by atoms with Crippen LogP contribution in [0.25, 0.3) is 10.2 Å². The monoisotopic (exact) mass is 394 g/mol. The zero-order chi connectivity index (χ0) is 18.8. The molecule has 0 radical (unpaired) electrons. The van der Waals surface area contributed by atoms with Crippen LogP contribution in [0.3, 0.4) is 0 Å². The lowest BCUT2D eigenvalue weighted by atomic mass is 10.1. The molecule has 1 N–H and O–H groups in total. The predicted octanol–water partition coefficient (Wildman–Crippen LogP) is 6.15. The first kappa shape index (κ1) is 17.7. The fourth-order valence-corrected chi connectivity index (χ4v) is 4.77. The molecule has 1 amide bonds. The molecule has 4 rings (SSSR count). The minimum Gasteiger partial charge on any atom is -0.322 e. The van der Waals surface area contributed by atoms with Crippen LogP contribution in [0.1, 0.15) is 15.9 Å². The fraction of sp³-hybridized carbons (Fsp3) is 0.0476. The first-order valence-corrected chi connectivity index (χ1v) is 9.93. The van der Waals surface area contributed by atoms with Crippen LogP contribution in [0.4, 0.5) is 10.1 Å². The van der Waals surface area contributed by atoms with E-state index in [0.717, 1.165) is 20.1 Å². The Hall–Kier alpha value is -2.70. The number of aromatic nitrogens is 1. The van der Waals surface area contributed by atoms with Crippen molar-refractivity contribution >= 4 is 44.9 Å². The van der Waals surface area contributed by atoms with Crippen molar-refractivity contribution in [2.75, 3.05) is 5.32 Å². The molecule has 4 aromatic rings. The summed E-state index contributed by atoms with van der Waals surface area (Å²) in [5.41, 5.74) is 2.71. The van der Waals surface area contributed by atoms with Crippen LogP contribution >= 0.6 is 23.1 Å². The number of para-hydroxylation sites is 1. The van der Waals surface area contributed by atoms with Gasteiger partial charge in [-0.2, -0.15) is 0 Å². The van der Waals surface area contributed by atoms with Crippen LogP contribution in [-0.4, -0.2) is 10.9 Å². The van der Waals surface area contributed by atoms with Crippen molar-refractivity contribution in [3.63, 3.8) is 0 Å². The molecular formula is C21H15FN2OS2. The third kappa shape index (κ3) is 3.86. The quantitative estimate of drug-likeness (QED) is 0.451. The van der Waals surface area contributed by atoms with E-state index in [4.69, 9.17) is 0 Å². The summed E-state index contributed by atoms with van der Waals surface area (Å²) in [6, 6.07) is 19.8. The Bertz CT molecular complexity index is 1090. The lowest BCUT2D eigenvalue weighted by Crippen LogP contribution is -2.12. The number of hydrogen-bond donors (Lipinski definition) is 1. The Morgan fingerprint density at radius 3 is 2.59 bits per heavy atom. The van der Waals surface area contributed by atoms with Crippen LogP contribution in [0, 0.1) is 12.7 Å². The van der Waals surface area contributed by atoms with E-state index in [1.807, 2.05) is 37.3 Å². The summed E-state index contributed by atoms with van der Waals surface area (Å²) in [5, 5.41) is 2.78. The van der Waals surface area contributed by atoms with Gasteiger partial charge in [-0.05, 0) is 48.9 Å². The van der Waals surface area contributed by atoms with Crippen LogP contribution in [0.2, 0.25) is 0 Å². The first-order chi connectivity index (χ1) is 13.1. The number of benzene rings is 3. The van der Waals surface area contributed by atoms with Crippen molar-refractivity contribution in [2.45, 2.75) is 16.2 Å². The molecule has 0 fully saturated rings. The number of thiazole rings is 1. The van der Waals surface area contributed by atoms with Crippen LogP contribution in [0.15, 0.2) is 76.0 Å². The highest BCUT2D eigenvalue weighted by molar-refractivity contribution is 8.01. The summed E-state index contributed by atoms with van der Waals surface area (Å²) in [6.45, 7) is 1.85. The van der Waals surface area contributed by atoms with E-state index in [1.54, 1.807) is 30.3 Å². The molecule has 0 spiro atoms. The second-order valence-corrected chi connectivity index (χ2v) is 8.29. The summed E-state index contributed by atoms with van der Waals surface area (Å²) >= 11 is 2.83. The summed E-state index contributed by atoms with van der Waals surface area (Å²) in [4.78, 5) is 17.3.